The normalized spacial score (nSPS) is 11.0. The van der Waals surface area contributed by atoms with E-state index in [0.717, 1.165) is 39.0 Å². The lowest BCUT2D eigenvalue weighted by Gasteiger charge is -2.16. The van der Waals surface area contributed by atoms with Crippen molar-refractivity contribution in [3.05, 3.63) is 48.5 Å². The molecule has 0 aliphatic heterocycles. The van der Waals surface area contributed by atoms with Crippen LogP contribution in [0.1, 0.15) is 13.8 Å². The Morgan fingerprint density at radius 1 is 0.629 bits per heavy atom. The molecule has 35 heavy (non-hydrogen) atoms. The fourth-order valence-electron chi connectivity index (χ4n) is 4.22. The number of H-pyrrole nitrogens is 1. The third kappa shape index (κ3) is 4.54. The van der Waals surface area contributed by atoms with Gasteiger partial charge in [0, 0.05) is 22.6 Å². The van der Waals surface area contributed by atoms with E-state index < -0.39 is 0 Å². The first-order valence-corrected chi connectivity index (χ1v) is 11.3. The van der Waals surface area contributed by atoms with E-state index in [0.29, 0.717) is 28.7 Å². The molecule has 0 atom stereocenters. The molecule has 1 heterocycles. The fourth-order valence-corrected chi connectivity index (χ4v) is 4.22. The highest BCUT2D eigenvalue weighted by Crippen LogP contribution is 2.47. The van der Waals surface area contributed by atoms with Gasteiger partial charge in [0.1, 0.15) is 5.75 Å². The SMILES string of the molecule is COc1ccc2c(-c3cc(OC)c(OC)c(OC)c3)c(-c3ccc(OC)c(OC(C)C)c3)[nH]c2c1. The van der Waals surface area contributed by atoms with Gasteiger partial charge in [-0.1, -0.05) is 0 Å². The van der Waals surface area contributed by atoms with Gasteiger partial charge in [-0.25, -0.2) is 0 Å². The van der Waals surface area contributed by atoms with Gasteiger partial charge in [-0.05, 0) is 61.9 Å². The monoisotopic (exact) mass is 477 g/mol. The summed E-state index contributed by atoms with van der Waals surface area (Å²) >= 11 is 0. The van der Waals surface area contributed by atoms with Gasteiger partial charge in [-0.2, -0.15) is 0 Å². The van der Waals surface area contributed by atoms with Gasteiger partial charge < -0.3 is 33.4 Å². The molecule has 0 fully saturated rings. The van der Waals surface area contributed by atoms with Crippen LogP contribution in [0.15, 0.2) is 48.5 Å². The van der Waals surface area contributed by atoms with Gasteiger partial charge in [-0.15, -0.1) is 0 Å². The average molecular weight is 478 g/mol. The standard InChI is InChI=1S/C28H31NO6/c1-16(2)35-23-12-17(8-11-22(23)31-4)27-26(20-10-9-19(30-3)15-21(20)29-27)18-13-24(32-5)28(34-7)25(14-18)33-6/h8-16,29H,1-7H3. The molecule has 1 N–H and O–H groups in total. The van der Waals surface area contributed by atoms with Crippen molar-refractivity contribution >= 4 is 10.9 Å². The van der Waals surface area contributed by atoms with Crippen molar-refractivity contribution in [1.82, 2.24) is 4.98 Å². The van der Waals surface area contributed by atoms with Crippen LogP contribution in [0.3, 0.4) is 0 Å². The van der Waals surface area contributed by atoms with Crippen molar-refractivity contribution in [1.29, 1.82) is 0 Å². The van der Waals surface area contributed by atoms with Crippen LogP contribution in [-0.4, -0.2) is 46.6 Å². The largest absolute Gasteiger partial charge is 0.497 e. The maximum absolute atomic E-state index is 6.04. The molecule has 0 bridgehead atoms. The topological polar surface area (TPSA) is 71.2 Å². The summed E-state index contributed by atoms with van der Waals surface area (Å²) in [5.41, 5.74) is 4.69. The Hall–Kier alpha value is -4.00. The average Bonchev–Trinajstić information content (AvgIpc) is 3.25. The Labute approximate surface area is 205 Å². The van der Waals surface area contributed by atoms with E-state index in [-0.39, 0.29) is 6.10 Å². The number of methoxy groups -OCH3 is 5. The summed E-state index contributed by atoms with van der Waals surface area (Å²) in [5, 5.41) is 1.03. The number of ether oxygens (including phenoxy) is 6. The van der Waals surface area contributed by atoms with Gasteiger partial charge >= 0.3 is 0 Å². The molecule has 0 spiro atoms. The lowest BCUT2D eigenvalue weighted by molar-refractivity contribution is 0.230. The Kier molecular flexibility index (Phi) is 6.96. The van der Waals surface area contributed by atoms with E-state index >= 15 is 0 Å². The second-order valence-electron chi connectivity index (χ2n) is 8.23. The Morgan fingerprint density at radius 3 is 1.86 bits per heavy atom. The number of hydrogen-bond acceptors (Lipinski definition) is 6. The highest BCUT2D eigenvalue weighted by Gasteiger charge is 2.21. The molecule has 0 radical (unpaired) electrons. The van der Waals surface area contributed by atoms with Crippen molar-refractivity contribution < 1.29 is 28.4 Å². The molecule has 1 aromatic heterocycles. The van der Waals surface area contributed by atoms with Crippen molar-refractivity contribution in [2.45, 2.75) is 20.0 Å². The minimum absolute atomic E-state index is 0.000654. The number of hydrogen-bond donors (Lipinski definition) is 1. The summed E-state index contributed by atoms with van der Waals surface area (Å²) in [6.07, 6.45) is 0.000654. The van der Waals surface area contributed by atoms with Crippen LogP contribution in [0.4, 0.5) is 0 Å². The van der Waals surface area contributed by atoms with Gasteiger partial charge in [0.15, 0.2) is 23.0 Å². The van der Waals surface area contributed by atoms with E-state index in [4.69, 9.17) is 28.4 Å². The first-order chi connectivity index (χ1) is 16.9. The van der Waals surface area contributed by atoms with Crippen LogP contribution in [-0.2, 0) is 0 Å². The van der Waals surface area contributed by atoms with Gasteiger partial charge in [-0.3, -0.25) is 0 Å². The quantitative estimate of drug-likeness (QED) is 0.304. The predicted octanol–water partition coefficient (Wildman–Crippen LogP) is 6.33. The lowest BCUT2D eigenvalue weighted by atomic mass is 9.97. The Balaban J connectivity index is 2.02. The smallest absolute Gasteiger partial charge is 0.203 e. The molecule has 0 unspecified atom stereocenters. The molecule has 0 aliphatic rings. The number of nitrogens with one attached hydrogen (secondary N) is 1. The molecule has 7 heteroatoms. The Morgan fingerprint density at radius 2 is 1.29 bits per heavy atom. The van der Waals surface area contributed by atoms with E-state index in [1.807, 2.05) is 62.4 Å². The first kappa shape index (κ1) is 24.1. The number of fused-ring (bicyclic) bond motifs is 1. The third-order valence-corrected chi connectivity index (χ3v) is 5.77. The Bertz CT molecular complexity index is 1320. The van der Waals surface area contributed by atoms with Gasteiger partial charge in [0.05, 0.1) is 52.9 Å². The minimum atomic E-state index is 0.000654. The molecule has 3 aromatic carbocycles. The molecule has 4 rings (SSSR count). The number of aromatic nitrogens is 1. The zero-order valence-electron chi connectivity index (χ0n) is 21.1. The van der Waals surface area contributed by atoms with Crippen LogP contribution in [0.5, 0.6) is 34.5 Å². The van der Waals surface area contributed by atoms with Crippen molar-refractivity contribution in [2.24, 2.45) is 0 Å². The molecule has 0 aliphatic carbocycles. The summed E-state index contributed by atoms with van der Waals surface area (Å²) in [7, 11) is 8.11. The van der Waals surface area contributed by atoms with Gasteiger partial charge in [0.25, 0.3) is 0 Å². The maximum atomic E-state index is 6.04. The van der Waals surface area contributed by atoms with E-state index in [9.17, 15) is 0 Å². The highest BCUT2D eigenvalue weighted by atomic mass is 16.5. The molecular formula is C28H31NO6. The lowest BCUT2D eigenvalue weighted by Crippen LogP contribution is -2.06. The van der Waals surface area contributed by atoms with Crippen LogP contribution < -0.4 is 28.4 Å². The van der Waals surface area contributed by atoms with Crippen LogP contribution in [0.2, 0.25) is 0 Å². The second-order valence-corrected chi connectivity index (χ2v) is 8.23. The minimum Gasteiger partial charge on any atom is -0.497 e. The van der Waals surface area contributed by atoms with Crippen LogP contribution in [0, 0.1) is 0 Å². The number of rotatable bonds is 9. The predicted molar refractivity (Wildman–Crippen MR) is 138 cm³/mol. The maximum Gasteiger partial charge on any atom is 0.203 e. The highest BCUT2D eigenvalue weighted by molar-refractivity contribution is 6.05. The molecule has 4 aromatic rings. The van der Waals surface area contributed by atoms with Crippen molar-refractivity contribution in [3.63, 3.8) is 0 Å². The zero-order valence-corrected chi connectivity index (χ0v) is 21.1. The van der Waals surface area contributed by atoms with Crippen molar-refractivity contribution in [2.75, 3.05) is 35.5 Å². The summed E-state index contributed by atoms with van der Waals surface area (Å²) in [6, 6.07) is 15.8. The second kappa shape index (κ2) is 10.1. The molecular weight excluding hydrogens is 446 g/mol. The fraction of sp³-hybridized carbons (Fsp3) is 0.286. The summed E-state index contributed by atoms with van der Waals surface area (Å²) < 4.78 is 33.8. The summed E-state index contributed by atoms with van der Waals surface area (Å²) in [6.45, 7) is 3.98. The number of aromatic amines is 1. The number of benzene rings is 3. The molecule has 7 nitrogen and oxygen atoms in total. The summed E-state index contributed by atoms with van der Waals surface area (Å²) in [5.74, 6) is 3.81. The zero-order chi connectivity index (χ0) is 25.1. The first-order valence-electron chi connectivity index (χ1n) is 11.3. The van der Waals surface area contributed by atoms with E-state index in [1.54, 1.807) is 35.5 Å². The van der Waals surface area contributed by atoms with E-state index in [2.05, 4.69) is 4.98 Å². The molecule has 184 valence electrons. The third-order valence-electron chi connectivity index (χ3n) is 5.77. The summed E-state index contributed by atoms with van der Waals surface area (Å²) in [4.78, 5) is 3.59. The molecule has 0 saturated heterocycles. The van der Waals surface area contributed by atoms with Crippen molar-refractivity contribution in [3.8, 4) is 56.9 Å². The van der Waals surface area contributed by atoms with Gasteiger partial charge in [0.2, 0.25) is 5.75 Å². The van der Waals surface area contributed by atoms with E-state index in [1.165, 1.54) is 0 Å². The molecule has 0 saturated carbocycles. The van der Waals surface area contributed by atoms with Crippen LogP contribution in [0.25, 0.3) is 33.3 Å². The molecule has 0 amide bonds. The van der Waals surface area contributed by atoms with Crippen LogP contribution >= 0.6 is 0 Å².